The lowest BCUT2D eigenvalue weighted by molar-refractivity contribution is 0.348. The van der Waals surface area contributed by atoms with Crippen molar-refractivity contribution in [3.05, 3.63) is 66.1 Å². The molecule has 6 nitrogen and oxygen atoms in total. The molecule has 0 radical (unpaired) electrons. The first-order valence-electron chi connectivity index (χ1n) is 9.27. The Balaban J connectivity index is 1.67. The van der Waals surface area contributed by atoms with Crippen LogP contribution in [0.2, 0.25) is 0 Å². The number of aryl methyl sites for hydroxylation is 3. The number of imidazole rings is 1. The van der Waals surface area contributed by atoms with Crippen molar-refractivity contribution in [2.45, 2.75) is 33.4 Å². The van der Waals surface area contributed by atoms with Crippen LogP contribution < -0.4 is 10.1 Å². The number of nitrogens with zero attached hydrogens (tertiary/aromatic N) is 3. The molecule has 0 bridgehead atoms. The van der Waals surface area contributed by atoms with Crippen molar-refractivity contribution in [3.63, 3.8) is 0 Å². The third-order valence-electron chi connectivity index (χ3n) is 4.49. The van der Waals surface area contributed by atoms with Crippen LogP contribution in [0.5, 0.6) is 5.75 Å². The second-order valence-corrected chi connectivity index (χ2v) is 7.09. The highest BCUT2D eigenvalue weighted by atomic mass is 32.1. The van der Waals surface area contributed by atoms with Gasteiger partial charge in [-0.15, -0.1) is 0 Å². The Labute approximate surface area is 171 Å². The summed E-state index contributed by atoms with van der Waals surface area (Å²) in [6.07, 6.45) is 6.53. The van der Waals surface area contributed by atoms with Gasteiger partial charge in [-0.05, 0) is 56.2 Å². The third-order valence-corrected chi connectivity index (χ3v) is 4.85. The molecule has 0 unspecified atom stereocenters. The number of hydrogen-bond acceptors (Lipinski definition) is 4. The van der Waals surface area contributed by atoms with E-state index in [9.17, 15) is 0 Å². The van der Waals surface area contributed by atoms with Crippen LogP contribution in [0.15, 0.2) is 53.5 Å². The van der Waals surface area contributed by atoms with Crippen LogP contribution in [0, 0.1) is 13.8 Å². The molecule has 1 aromatic carbocycles. The van der Waals surface area contributed by atoms with Gasteiger partial charge in [-0.3, -0.25) is 0 Å². The molecule has 0 aliphatic rings. The molecule has 148 valence electrons. The summed E-state index contributed by atoms with van der Waals surface area (Å²) in [4.78, 5) is 6.21. The van der Waals surface area contributed by atoms with Crippen LogP contribution in [0.3, 0.4) is 0 Å². The van der Waals surface area contributed by atoms with E-state index in [-0.39, 0.29) is 0 Å². The van der Waals surface area contributed by atoms with Crippen LogP contribution in [-0.2, 0) is 13.1 Å². The highest BCUT2D eigenvalue weighted by molar-refractivity contribution is 7.80. The first kappa shape index (κ1) is 19.9. The van der Waals surface area contributed by atoms with E-state index in [0.29, 0.717) is 11.7 Å². The first-order chi connectivity index (χ1) is 13.5. The Morgan fingerprint density at radius 2 is 2.14 bits per heavy atom. The Kier molecular flexibility index (Phi) is 6.71. The average Bonchev–Trinajstić information content (AvgIpc) is 3.34. The second kappa shape index (κ2) is 9.41. The third kappa shape index (κ3) is 5.36. The van der Waals surface area contributed by atoms with Crippen LogP contribution in [0.1, 0.15) is 23.5 Å². The monoisotopic (exact) mass is 398 g/mol. The number of ether oxygens (including phenoxy) is 1. The lowest BCUT2D eigenvalue weighted by atomic mass is 10.2. The average molecular weight is 399 g/mol. The summed E-state index contributed by atoms with van der Waals surface area (Å²) >= 11 is 5.70. The van der Waals surface area contributed by atoms with Crippen molar-refractivity contribution in [2.75, 3.05) is 19.0 Å². The van der Waals surface area contributed by atoms with Gasteiger partial charge in [0, 0.05) is 37.2 Å². The Morgan fingerprint density at radius 1 is 1.29 bits per heavy atom. The summed E-state index contributed by atoms with van der Waals surface area (Å²) in [6, 6.07) is 9.95. The molecule has 0 amide bonds. The minimum atomic E-state index is 0.618. The number of furan rings is 1. The topological polar surface area (TPSA) is 55.5 Å². The van der Waals surface area contributed by atoms with Crippen molar-refractivity contribution < 1.29 is 9.15 Å². The summed E-state index contributed by atoms with van der Waals surface area (Å²) in [7, 11) is 1.67. The molecule has 0 fully saturated rings. The van der Waals surface area contributed by atoms with Crippen LogP contribution >= 0.6 is 12.2 Å². The van der Waals surface area contributed by atoms with Gasteiger partial charge in [-0.1, -0.05) is 6.07 Å². The number of rotatable bonds is 8. The summed E-state index contributed by atoms with van der Waals surface area (Å²) in [5, 5.41) is 3.99. The molecule has 0 saturated heterocycles. The Morgan fingerprint density at radius 3 is 2.82 bits per heavy atom. The molecule has 2 heterocycles. The van der Waals surface area contributed by atoms with Crippen molar-refractivity contribution >= 4 is 23.0 Å². The molecule has 0 spiro atoms. The molecule has 2 aromatic heterocycles. The van der Waals surface area contributed by atoms with E-state index < -0.39 is 0 Å². The number of nitrogens with one attached hydrogen (secondary N) is 1. The van der Waals surface area contributed by atoms with E-state index in [2.05, 4.69) is 19.8 Å². The molecular weight excluding hydrogens is 372 g/mol. The van der Waals surface area contributed by atoms with Crippen molar-refractivity contribution in [2.24, 2.45) is 0 Å². The van der Waals surface area contributed by atoms with E-state index in [1.807, 2.05) is 56.7 Å². The number of thiocarbonyl (C=S) groups is 1. The molecule has 1 N–H and O–H groups in total. The van der Waals surface area contributed by atoms with E-state index in [0.717, 1.165) is 48.0 Å². The molecular formula is C21H26N4O2S. The lowest BCUT2D eigenvalue weighted by Crippen LogP contribution is -2.35. The number of methoxy groups -OCH3 is 1. The fourth-order valence-corrected chi connectivity index (χ4v) is 3.25. The zero-order chi connectivity index (χ0) is 19.9. The van der Waals surface area contributed by atoms with E-state index >= 15 is 0 Å². The maximum Gasteiger partial charge on any atom is 0.173 e. The largest absolute Gasteiger partial charge is 0.496 e. The van der Waals surface area contributed by atoms with E-state index in [4.69, 9.17) is 21.4 Å². The molecule has 0 aliphatic carbocycles. The minimum Gasteiger partial charge on any atom is -0.496 e. The smallest absolute Gasteiger partial charge is 0.173 e. The second-order valence-electron chi connectivity index (χ2n) is 6.70. The maximum absolute atomic E-state index is 5.75. The van der Waals surface area contributed by atoms with Crippen molar-refractivity contribution in [3.8, 4) is 5.75 Å². The highest BCUT2D eigenvalue weighted by Gasteiger charge is 2.13. The van der Waals surface area contributed by atoms with Gasteiger partial charge in [-0.25, -0.2) is 4.98 Å². The zero-order valence-electron chi connectivity index (χ0n) is 16.5. The van der Waals surface area contributed by atoms with Gasteiger partial charge in [-0.2, -0.15) is 0 Å². The first-order valence-corrected chi connectivity index (χ1v) is 9.67. The van der Waals surface area contributed by atoms with Gasteiger partial charge in [0.1, 0.15) is 17.3 Å². The van der Waals surface area contributed by atoms with Gasteiger partial charge < -0.3 is 23.9 Å². The molecule has 7 heteroatoms. The normalized spacial score (nSPS) is 10.7. The van der Waals surface area contributed by atoms with E-state index in [1.54, 1.807) is 13.3 Å². The molecule has 28 heavy (non-hydrogen) atoms. The van der Waals surface area contributed by atoms with Crippen molar-refractivity contribution in [1.29, 1.82) is 0 Å². The van der Waals surface area contributed by atoms with Gasteiger partial charge in [0.2, 0.25) is 0 Å². The molecule has 0 aliphatic heterocycles. The molecule has 0 atom stereocenters. The van der Waals surface area contributed by atoms with Crippen LogP contribution in [0.4, 0.5) is 5.69 Å². The summed E-state index contributed by atoms with van der Waals surface area (Å²) < 4.78 is 13.2. The fourth-order valence-electron chi connectivity index (χ4n) is 2.97. The predicted octanol–water partition coefficient (Wildman–Crippen LogP) is 4.39. The van der Waals surface area contributed by atoms with Gasteiger partial charge in [0.25, 0.3) is 0 Å². The molecule has 3 aromatic rings. The SMILES string of the molecule is COc1cc(NC(=S)N(CCCn2ccnc2)Cc2ccc(C)o2)ccc1C. The summed E-state index contributed by atoms with van der Waals surface area (Å²) in [5.74, 6) is 2.63. The van der Waals surface area contributed by atoms with Crippen LogP contribution in [0.25, 0.3) is 0 Å². The number of anilines is 1. The Hall–Kier alpha value is -2.80. The number of benzene rings is 1. The lowest BCUT2D eigenvalue weighted by Gasteiger charge is -2.25. The molecule has 0 saturated carbocycles. The summed E-state index contributed by atoms with van der Waals surface area (Å²) in [5.41, 5.74) is 1.99. The maximum atomic E-state index is 5.75. The predicted molar refractivity (Wildman–Crippen MR) is 115 cm³/mol. The zero-order valence-corrected chi connectivity index (χ0v) is 17.3. The highest BCUT2D eigenvalue weighted by Crippen LogP contribution is 2.22. The van der Waals surface area contributed by atoms with Crippen molar-refractivity contribution in [1.82, 2.24) is 14.5 Å². The summed E-state index contributed by atoms with van der Waals surface area (Å²) in [6.45, 7) is 6.26. The molecule has 3 rings (SSSR count). The quantitative estimate of drug-likeness (QED) is 0.568. The van der Waals surface area contributed by atoms with Gasteiger partial charge in [0.15, 0.2) is 5.11 Å². The number of aromatic nitrogens is 2. The van der Waals surface area contributed by atoms with Crippen LogP contribution in [-0.4, -0.2) is 33.2 Å². The Bertz CT molecular complexity index is 905. The minimum absolute atomic E-state index is 0.618. The van der Waals surface area contributed by atoms with Gasteiger partial charge >= 0.3 is 0 Å². The fraction of sp³-hybridized carbons (Fsp3) is 0.333. The standard InChI is InChI=1S/C21H26N4O2S/c1-16-5-7-18(13-20(16)26-3)23-21(28)25(14-19-8-6-17(2)27-19)11-4-10-24-12-9-22-15-24/h5-9,12-13,15H,4,10-11,14H2,1-3H3,(H,23,28). The van der Waals surface area contributed by atoms with E-state index in [1.165, 1.54) is 0 Å². The number of hydrogen-bond donors (Lipinski definition) is 1. The van der Waals surface area contributed by atoms with Gasteiger partial charge in [0.05, 0.1) is 20.0 Å².